The molecule has 32 heavy (non-hydrogen) atoms. The summed E-state index contributed by atoms with van der Waals surface area (Å²) in [5.74, 6) is 1.71. The molecule has 0 spiro atoms. The first-order valence-electron chi connectivity index (χ1n) is 10.1. The third-order valence-corrected chi connectivity index (χ3v) is 4.65. The quantitative estimate of drug-likeness (QED) is 0.361. The highest BCUT2D eigenvalue weighted by atomic mass is 16.5. The zero-order valence-corrected chi connectivity index (χ0v) is 17.8. The second kappa shape index (κ2) is 9.61. The molecule has 4 rings (SSSR count). The third kappa shape index (κ3) is 5.40. The maximum absolute atomic E-state index is 12.4. The number of ether oxygens (including phenoxy) is 1. The summed E-state index contributed by atoms with van der Waals surface area (Å²) in [5.41, 5.74) is 3.84. The SMILES string of the molecule is COc1ccc(C(=O)Nc2ccc(Nc3nc(C)cc(Nc4ccccc4)n3)cc2)cc1. The van der Waals surface area contributed by atoms with Crippen LogP contribution in [0.25, 0.3) is 0 Å². The number of hydrogen-bond acceptors (Lipinski definition) is 6. The van der Waals surface area contributed by atoms with E-state index in [4.69, 9.17) is 4.74 Å². The summed E-state index contributed by atoms with van der Waals surface area (Å²) in [6, 6.07) is 26.0. The Bertz CT molecular complexity index is 1190. The molecule has 3 N–H and O–H groups in total. The Morgan fingerprint density at radius 2 is 1.44 bits per heavy atom. The van der Waals surface area contributed by atoms with Gasteiger partial charge in [0, 0.05) is 34.4 Å². The van der Waals surface area contributed by atoms with E-state index >= 15 is 0 Å². The molecule has 1 aromatic heterocycles. The number of methoxy groups -OCH3 is 1. The lowest BCUT2D eigenvalue weighted by Crippen LogP contribution is -2.11. The highest BCUT2D eigenvalue weighted by Crippen LogP contribution is 2.21. The van der Waals surface area contributed by atoms with Crippen molar-refractivity contribution in [3.05, 3.63) is 96.2 Å². The van der Waals surface area contributed by atoms with Crippen LogP contribution in [0.2, 0.25) is 0 Å². The summed E-state index contributed by atoms with van der Waals surface area (Å²) in [6.07, 6.45) is 0. The average Bonchev–Trinajstić information content (AvgIpc) is 2.81. The van der Waals surface area contributed by atoms with Gasteiger partial charge in [0.1, 0.15) is 11.6 Å². The van der Waals surface area contributed by atoms with Gasteiger partial charge in [0.2, 0.25) is 5.95 Å². The lowest BCUT2D eigenvalue weighted by molar-refractivity contribution is 0.102. The monoisotopic (exact) mass is 425 g/mol. The van der Waals surface area contributed by atoms with Crippen LogP contribution in [0.3, 0.4) is 0 Å². The van der Waals surface area contributed by atoms with Crippen molar-refractivity contribution < 1.29 is 9.53 Å². The average molecular weight is 425 g/mol. The van der Waals surface area contributed by atoms with E-state index in [2.05, 4.69) is 25.9 Å². The number of anilines is 5. The molecule has 0 saturated heterocycles. The summed E-state index contributed by atoms with van der Waals surface area (Å²) in [7, 11) is 1.59. The molecule has 0 bridgehead atoms. The Morgan fingerprint density at radius 1 is 0.781 bits per heavy atom. The van der Waals surface area contributed by atoms with Crippen LogP contribution in [0.5, 0.6) is 5.75 Å². The van der Waals surface area contributed by atoms with Crippen LogP contribution in [0.1, 0.15) is 16.1 Å². The maximum atomic E-state index is 12.4. The summed E-state index contributed by atoms with van der Waals surface area (Å²) in [4.78, 5) is 21.4. The Labute approximate surface area is 186 Å². The zero-order valence-electron chi connectivity index (χ0n) is 17.8. The smallest absolute Gasteiger partial charge is 0.255 e. The number of aryl methyl sites for hydroxylation is 1. The molecule has 0 aliphatic carbocycles. The summed E-state index contributed by atoms with van der Waals surface area (Å²) >= 11 is 0. The molecule has 0 radical (unpaired) electrons. The van der Waals surface area contributed by atoms with E-state index in [1.165, 1.54) is 0 Å². The molecule has 7 nitrogen and oxygen atoms in total. The first kappa shape index (κ1) is 20.9. The van der Waals surface area contributed by atoms with Gasteiger partial charge in [-0.3, -0.25) is 4.79 Å². The summed E-state index contributed by atoms with van der Waals surface area (Å²) < 4.78 is 5.12. The van der Waals surface area contributed by atoms with Gasteiger partial charge in [-0.1, -0.05) is 18.2 Å². The predicted octanol–water partition coefficient (Wildman–Crippen LogP) is 5.53. The van der Waals surface area contributed by atoms with E-state index in [9.17, 15) is 4.79 Å². The molecule has 0 aliphatic rings. The minimum Gasteiger partial charge on any atom is -0.497 e. The maximum Gasteiger partial charge on any atom is 0.255 e. The number of nitrogens with one attached hydrogen (secondary N) is 3. The van der Waals surface area contributed by atoms with Crippen molar-refractivity contribution in [1.29, 1.82) is 0 Å². The highest BCUT2D eigenvalue weighted by molar-refractivity contribution is 6.04. The number of carbonyl (C=O) groups is 1. The van der Waals surface area contributed by atoms with Crippen LogP contribution in [-0.2, 0) is 0 Å². The number of aromatic nitrogens is 2. The van der Waals surface area contributed by atoms with Crippen molar-refractivity contribution in [1.82, 2.24) is 9.97 Å². The molecule has 3 aromatic carbocycles. The van der Waals surface area contributed by atoms with Gasteiger partial charge in [-0.2, -0.15) is 4.98 Å². The molecule has 4 aromatic rings. The molecule has 1 amide bonds. The molecule has 1 heterocycles. The minimum absolute atomic E-state index is 0.188. The molecule has 0 aliphatic heterocycles. The van der Waals surface area contributed by atoms with Gasteiger partial charge in [0.05, 0.1) is 7.11 Å². The number of nitrogens with zero attached hydrogens (tertiary/aromatic N) is 2. The molecule has 0 fully saturated rings. The van der Waals surface area contributed by atoms with Gasteiger partial charge in [-0.15, -0.1) is 0 Å². The molecular weight excluding hydrogens is 402 g/mol. The van der Waals surface area contributed by atoms with Crippen LogP contribution in [0, 0.1) is 6.92 Å². The largest absolute Gasteiger partial charge is 0.497 e. The van der Waals surface area contributed by atoms with Crippen LogP contribution in [-0.4, -0.2) is 23.0 Å². The van der Waals surface area contributed by atoms with Gasteiger partial charge in [-0.05, 0) is 67.6 Å². The first-order chi connectivity index (χ1) is 15.6. The second-order valence-corrected chi connectivity index (χ2v) is 7.09. The van der Waals surface area contributed by atoms with Crippen LogP contribution in [0.15, 0.2) is 84.9 Å². The molecule has 0 saturated carbocycles. The minimum atomic E-state index is -0.188. The van der Waals surface area contributed by atoms with Gasteiger partial charge in [0.15, 0.2) is 0 Å². The first-order valence-corrected chi connectivity index (χ1v) is 10.1. The van der Waals surface area contributed by atoms with Gasteiger partial charge in [0.25, 0.3) is 5.91 Å². The Kier molecular flexibility index (Phi) is 6.27. The van der Waals surface area contributed by atoms with Gasteiger partial charge in [-0.25, -0.2) is 4.98 Å². The summed E-state index contributed by atoms with van der Waals surface area (Å²) in [5, 5.41) is 9.37. The number of hydrogen-bond donors (Lipinski definition) is 3. The van der Waals surface area contributed by atoms with Crippen LogP contribution in [0.4, 0.5) is 28.8 Å². The van der Waals surface area contributed by atoms with E-state index in [-0.39, 0.29) is 5.91 Å². The van der Waals surface area contributed by atoms with Gasteiger partial charge < -0.3 is 20.7 Å². The Morgan fingerprint density at radius 3 is 2.12 bits per heavy atom. The number of para-hydroxylation sites is 1. The van der Waals surface area contributed by atoms with Crippen molar-refractivity contribution in [2.24, 2.45) is 0 Å². The predicted molar refractivity (Wildman–Crippen MR) is 127 cm³/mol. The number of amides is 1. The number of benzene rings is 3. The van der Waals surface area contributed by atoms with Gasteiger partial charge >= 0.3 is 0 Å². The van der Waals surface area contributed by atoms with Crippen LogP contribution >= 0.6 is 0 Å². The standard InChI is InChI=1S/C25H23N5O2/c1-17-16-23(27-19-6-4-3-5-7-19)30-25(26-17)29-21-12-10-20(11-13-21)28-24(31)18-8-14-22(32-2)15-9-18/h3-16H,1-2H3,(H,28,31)(H2,26,27,29,30). The number of rotatable bonds is 7. The fourth-order valence-corrected chi connectivity index (χ4v) is 3.07. The molecule has 0 unspecified atom stereocenters. The van der Waals surface area contributed by atoms with Crippen molar-refractivity contribution in [2.45, 2.75) is 6.92 Å². The molecule has 160 valence electrons. The fourth-order valence-electron chi connectivity index (χ4n) is 3.07. The lowest BCUT2D eigenvalue weighted by Gasteiger charge is -2.11. The normalized spacial score (nSPS) is 10.3. The van der Waals surface area contributed by atoms with Crippen molar-refractivity contribution >= 4 is 34.7 Å². The summed E-state index contributed by atoms with van der Waals surface area (Å²) in [6.45, 7) is 1.92. The molecular formula is C25H23N5O2. The zero-order chi connectivity index (χ0) is 22.3. The number of carbonyl (C=O) groups excluding carboxylic acids is 1. The van der Waals surface area contributed by atoms with Crippen molar-refractivity contribution in [3.8, 4) is 5.75 Å². The van der Waals surface area contributed by atoms with Crippen LogP contribution < -0.4 is 20.7 Å². The van der Waals surface area contributed by atoms with E-state index in [1.807, 2.05) is 67.6 Å². The highest BCUT2D eigenvalue weighted by Gasteiger charge is 2.07. The third-order valence-electron chi connectivity index (χ3n) is 4.65. The van der Waals surface area contributed by atoms with E-state index in [0.717, 1.165) is 17.1 Å². The Balaban J connectivity index is 1.41. The fraction of sp³-hybridized carbons (Fsp3) is 0.0800. The second-order valence-electron chi connectivity index (χ2n) is 7.09. The molecule has 7 heteroatoms. The topological polar surface area (TPSA) is 88.2 Å². The van der Waals surface area contributed by atoms with Crippen molar-refractivity contribution in [3.63, 3.8) is 0 Å². The van der Waals surface area contributed by atoms with E-state index < -0.39 is 0 Å². The molecule has 0 atom stereocenters. The van der Waals surface area contributed by atoms with Crippen molar-refractivity contribution in [2.75, 3.05) is 23.1 Å². The Hall–Kier alpha value is -4.39. The van der Waals surface area contributed by atoms with E-state index in [1.54, 1.807) is 31.4 Å². The van der Waals surface area contributed by atoms with E-state index in [0.29, 0.717) is 28.8 Å². The lowest BCUT2D eigenvalue weighted by atomic mass is 10.2.